The Balaban J connectivity index is 1.46. The molecule has 0 radical (unpaired) electrons. The van der Waals surface area contributed by atoms with Crippen LogP contribution in [0.5, 0.6) is 0 Å². The summed E-state index contributed by atoms with van der Waals surface area (Å²) in [7, 11) is 0. The largest absolute Gasteiger partial charge is 0.314 e. The first kappa shape index (κ1) is 11.1. The highest BCUT2D eigenvalue weighted by Gasteiger charge is 2.32. The maximum atomic E-state index is 4.71. The first-order chi connectivity index (χ1) is 8.33. The van der Waals surface area contributed by atoms with Crippen LogP contribution in [0.2, 0.25) is 0 Å². The zero-order valence-corrected chi connectivity index (χ0v) is 10.2. The Morgan fingerprint density at radius 1 is 1.29 bits per heavy atom. The summed E-state index contributed by atoms with van der Waals surface area (Å²) < 4.78 is 4.71. The molecular formula is C11H19N5O. The standard InChI is InChI=1S/C11H19N5O/c1-9-11(14-17-13-9)8-15-6-10(7-15)16-4-2-12-3-5-16/h10,12H,2-8H2,1H3. The van der Waals surface area contributed by atoms with Gasteiger partial charge in [-0.3, -0.25) is 9.80 Å². The molecule has 0 aromatic carbocycles. The minimum Gasteiger partial charge on any atom is -0.314 e. The van der Waals surface area contributed by atoms with Gasteiger partial charge in [0.2, 0.25) is 0 Å². The molecule has 3 rings (SSSR count). The third-order valence-corrected chi connectivity index (χ3v) is 3.73. The number of rotatable bonds is 3. The molecule has 0 atom stereocenters. The lowest BCUT2D eigenvalue weighted by atomic mass is 10.1. The quantitative estimate of drug-likeness (QED) is 0.762. The molecule has 2 saturated heterocycles. The van der Waals surface area contributed by atoms with Crippen LogP contribution in [0.4, 0.5) is 0 Å². The van der Waals surface area contributed by atoms with Crippen LogP contribution in [-0.2, 0) is 6.54 Å². The predicted molar refractivity (Wildman–Crippen MR) is 62.5 cm³/mol. The van der Waals surface area contributed by atoms with Gasteiger partial charge in [0.15, 0.2) is 0 Å². The van der Waals surface area contributed by atoms with E-state index in [9.17, 15) is 0 Å². The number of piperazine rings is 1. The molecule has 0 saturated carbocycles. The zero-order chi connectivity index (χ0) is 11.7. The summed E-state index contributed by atoms with van der Waals surface area (Å²) in [6, 6.07) is 0.734. The van der Waals surface area contributed by atoms with Gasteiger partial charge in [-0.1, -0.05) is 10.3 Å². The smallest absolute Gasteiger partial charge is 0.122 e. The molecule has 2 aliphatic rings. The van der Waals surface area contributed by atoms with Crippen molar-refractivity contribution in [2.45, 2.75) is 19.5 Å². The number of aromatic nitrogens is 2. The van der Waals surface area contributed by atoms with Crippen molar-refractivity contribution in [2.75, 3.05) is 39.3 Å². The molecule has 0 bridgehead atoms. The molecule has 0 spiro atoms. The summed E-state index contributed by atoms with van der Waals surface area (Å²) in [5.41, 5.74) is 1.89. The fourth-order valence-corrected chi connectivity index (χ4v) is 2.55. The number of nitrogens with zero attached hydrogens (tertiary/aromatic N) is 4. The van der Waals surface area contributed by atoms with Gasteiger partial charge in [-0.15, -0.1) is 0 Å². The summed E-state index contributed by atoms with van der Waals surface area (Å²) in [4.78, 5) is 4.99. The summed E-state index contributed by atoms with van der Waals surface area (Å²) in [5.74, 6) is 0. The summed E-state index contributed by atoms with van der Waals surface area (Å²) >= 11 is 0. The van der Waals surface area contributed by atoms with E-state index >= 15 is 0 Å². The lowest BCUT2D eigenvalue weighted by Crippen LogP contribution is -2.62. The third-order valence-electron chi connectivity index (χ3n) is 3.73. The molecule has 2 fully saturated rings. The van der Waals surface area contributed by atoms with E-state index in [-0.39, 0.29) is 0 Å². The topological polar surface area (TPSA) is 57.4 Å². The minimum absolute atomic E-state index is 0.734. The molecule has 2 aliphatic heterocycles. The number of aryl methyl sites for hydroxylation is 1. The molecule has 3 heterocycles. The average Bonchev–Trinajstić information content (AvgIpc) is 2.70. The number of likely N-dealkylation sites (tertiary alicyclic amines) is 1. The lowest BCUT2D eigenvalue weighted by molar-refractivity contribution is 0.0209. The Labute approximate surface area is 101 Å². The Bertz CT molecular complexity index is 368. The minimum atomic E-state index is 0.734. The monoisotopic (exact) mass is 237 g/mol. The SMILES string of the molecule is Cc1nonc1CN1CC(N2CCNCC2)C1. The van der Waals surface area contributed by atoms with E-state index in [2.05, 4.69) is 25.4 Å². The molecule has 0 amide bonds. The molecule has 17 heavy (non-hydrogen) atoms. The molecule has 6 heteroatoms. The van der Waals surface area contributed by atoms with Gasteiger partial charge in [0, 0.05) is 51.9 Å². The van der Waals surface area contributed by atoms with Crippen molar-refractivity contribution < 1.29 is 4.63 Å². The van der Waals surface area contributed by atoms with Crippen LogP contribution in [0.1, 0.15) is 11.4 Å². The molecule has 1 N–H and O–H groups in total. The van der Waals surface area contributed by atoms with Gasteiger partial charge in [-0.2, -0.15) is 0 Å². The molecule has 0 aliphatic carbocycles. The van der Waals surface area contributed by atoms with Crippen molar-refractivity contribution >= 4 is 0 Å². The van der Waals surface area contributed by atoms with E-state index < -0.39 is 0 Å². The second-order valence-corrected chi connectivity index (χ2v) is 4.93. The average molecular weight is 237 g/mol. The van der Waals surface area contributed by atoms with Gasteiger partial charge < -0.3 is 5.32 Å². The normalized spacial score (nSPS) is 23.8. The number of nitrogens with one attached hydrogen (secondary N) is 1. The van der Waals surface area contributed by atoms with E-state index in [1.54, 1.807) is 0 Å². The Kier molecular flexibility index (Phi) is 3.09. The van der Waals surface area contributed by atoms with E-state index in [4.69, 9.17) is 4.63 Å². The first-order valence-corrected chi connectivity index (χ1v) is 6.28. The summed E-state index contributed by atoms with van der Waals surface area (Å²) in [6.07, 6.45) is 0. The fourth-order valence-electron chi connectivity index (χ4n) is 2.55. The van der Waals surface area contributed by atoms with Crippen molar-refractivity contribution in [1.29, 1.82) is 0 Å². The number of hydrogen-bond acceptors (Lipinski definition) is 6. The summed E-state index contributed by atoms with van der Waals surface area (Å²) in [6.45, 7) is 9.73. The first-order valence-electron chi connectivity index (χ1n) is 6.28. The van der Waals surface area contributed by atoms with E-state index in [1.165, 1.54) is 13.1 Å². The maximum Gasteiger partial charge on any atom is 0.122 e. The third kappa shape index (κ3) is 2.34. The summed E-state index contributed by atoms with van der Waals surface area (Å²) in [5, 5.41) is 11.1. The Hall–Kier alpha value is -0.980. The van der Waals surface area contributed by atoms with Crippen LogP contribution in [0.25, 0.3) is 0 Å². The Morgan fingerprint density at radius 3 is 2.71 bits per heavy atom. The zero-order valence-electron chi connectivity index (χ0n) is 10.2. The fraction of sp³-hybridized carbons (Fsp3) is 0.818. The highest BCUT2D eigenvalue weighted by molar-refractivity contribution is 5.06. The van der Waals surface area contributed by atoms with E-state index in [0.29, 0.717) is 0 Å². The second kappa shape index (κ2) is 4.72. The maximum absolute atomic E-state index is 4.71. The predicted octanol–water partition coefficient (Wildman–Crippen LogP) is -0.533. The van der Waals surface area contributed by atoms with Crippen LogP contribution in [0, 0.1) is 6.92 Å². The van der Waals surface area contributed by atoms with Crippen LogP contribution >= 0.6 is 0 Å². The molecular weight excluding hydrogens is 218 g/mol. The highest BCUT2D eigenvalue weighted by Crippen LogP contribution is 2.18. The van der Waals surface area contributed by atoms with Gasteiger partial charge in [0.05, 0.1) is 0 Å². The van der Waals surface area contributed by atoms with Gasteiger partial charge in [-0.05, 0) is 6.92 Å². The van der Waals surface area contributed by atoms with Crippen molar-refractivity contribution in [1.82, 2.24) is 25.4 Å². The van der Waals surface area contributed by atoms with E-state index in [0.717, 1.165) is 50.2 Å². The van der Waals surface area contributed by atoms with Crippen LogP contribution in [0.3, 0.4) is 0 Å². The van der Waals surface area contributed by atoms with Crippen molar-refractivity contribution in [2.24, 2.45) is 0 Å². The van der Waals surface area contributed by atoms with Crippen LogP contribution in [0.15, 0.2) is 4.63 Å². The molecule has 0 unspecified atom stereocenters. The van der Waals surface area contributed by atoms with Crippen molar-refractivity contribution in [3.63, 3.8) is 0 Å². The van der Waals surface area contributed by atoms with Gasteiger partial charge in [-0.25, -0.2) is 4.63 Å². The second-order valence-electron chi connectivity index (χ2n) is 4.93. The van der Waals surface area contributed by atoms with Crippen molar-refractivity contribution in [3.05, 3.63) is 11.4 Å². The molecule has 1 aromatic rings. The van der Waals surface area contributed by atoms with Gasteiger partial charge in [0.1, 0.15) is 11.4 Å². The Morgan fingerprint density at radius 2 is 2.06 bits per heavy atom. The van der Waals surface area contributed by atoms with Gasteiger partial charge >= 0.3 is 0 Å². The van der Waals surface area contributed by atoms with E-state index in [1.807, 2.05) is 6.92 Å². The lowest BCUT2D eigenvalue weighted by Gasteiger charge is -2.46. The highest BCUT2D eigenvalue weighted by atomic mass is 16.6. The van der Waals surface area contributed by atoms with Crippen LogP contribution in [-0.4, -0.2) is 65.4 Å². The van der Waals surface area contributed by atoms with Crippen LogP contribution < -0.4 is 5.32 Å². The van der Waals surface area contributed by atoms with Crippen molar-refractivity contribution in [3.8, 4) is 0 Å². The molecule has 94 valence electrons. The van der Waals surface area contributed by atoms with Gasteiger partial charge in [0.25, 0.3) is 0 Å². The number of hydrogen-bond donors (Lipinski definition) is 1. The molecule has 6 nitrogen and oxygen atoms in total. The molecule has 1 aromatic heterocycles.